The van der Waals surface area contributed by atoms with Crippen molar-refractivity contribution < 1.29 is 18.7 Å². The molecule has 1 saturated heterocycles. The molecular formula is C16H17NO4. The Morgan fingerprint density at radius 3 is 2.86 bits per heavy atom. The molecule has 0 saturated carbocycles. The summed E-state index contributed by atoms with van der Waals surface area (Å²) in [5.74, 6) is -0.340. The van der Waals surface area contributed by atoms with Gasteiger partial charge in [0.25, 0.3) is 5.91 Å². The largest absolute Gasteiger partial charge is 0.467 e. The van der Waals surface area contributed by atoms with Gasteiger partial charge < -0.3 is 14.1 Å². The van der Waals surface area contributed by atoms with Crippen LogP contribution in [-0.4, -0.2) is 36.5 Å². The molecule has 0 unspecified atom stereocenters. The second-order valence-electron chi connectivity index (χ2n) is 5.18. The molecule has 2 heterocycles. The SMILES string of the molecule is COC(=O)[C@@H]1CCCCN1C(=O)c1cc2ccccc2o1. The molecule has 110 valence electrons. The standard InChI is InChI=1S/C16H17NO4/c1-20-16(19)12-7-4-5-9-17(12)15(18)14-10-11-6-2-3-8-13(11)21-14/h2-3,6,8,10,12H,4-5,7,9H2,1H3/t12-/m0/s1. The first-order valence-electron chi connectivity index (χ1n) is 7.08. The van der Waals surface area contributed by atoms with E-state index in [9.17, 15) is 9.59 Å². The van der Waals surface area contributed by atoms with Crippen molar-refractivity contribution in [2.45, 2.75) is 25.3 Å². The summed E-state index contributed by atoms with van der Waals surface area (Å²) in [5.41, 5.74) is 0.674. The van der Waals surface area contributed by atoms with Crippen LogP contribution in [0.25, 0.3) is 11.0 Å². The number of rotatable bonds is 2. The van der Waals surface area contributed by atoms with Crippen LogP contribution in [0.15, 0.2) is 34.7 Å². The summed E-state index contributed by atoms with van der Waals surface area (Å²) < 4.78 is 10.4. The van der Waals surface area contributed by atoms with E-state index >= 15 is 0 Å². The zero-order valence-corrected chi connectivity index (χ0v) is 11.9. The van der Waals surface area contributed by atoms with Gasteiger partial charge in [-0.15, -0.1) is 0 Å². The maximum atomic E-state index is 12.6. The minimum Gasteiger partial charge on any atom is -0.467 e. The van der Waals surface area contributed by atoms with E-state index in [0.29, 0.717) is 18.5 Å². The van der Waals surface area contributed by atoms with Crippen molar-refractivity contribution in [1.82, 2.24) is 4.90 Å². The number of piperidine rings is 1. The van der Waals surface area contributed by atoms with Crippen molar-refractivity contribution >= 4 is 22.8 Å². The zero-order valence-electron chi connectivity index (χ0n) is 11.9. The van der Waals surface area contributed by atoms with Crippen LogP contribution in [-0.2, 0) is 9.53 Å². The number of esters is 1. The molecule has 3 rings (SSSR count). The van der Waals surface area contributed by atoms with Gasteiger partial charge in [-0.05, 0) is 31.4 Å². The first-order valence-corrected chi connectivity index (χ1v) is 7.08. The normalized spacial score (nSPS) is 18.7. The minimum absolute atomic E-state index is 0.249. The molecule has 0 aliphatic carbocycles. The molecule has 1 amide bonds. The van der Waals surface area contributed by atoms with Crippen molar-refractivity contribution in [3.05, 3.63) is 36.1 Å². The fourth-order valence-electron chi connectivity index (χ4n) is 2.78. The third kappa shape index (κ3) is 2.51. The van der Waals surface area contributed by atoms with Crippen molar-refractivity contribution in [3.63, 3.8) is 0 Å². The van der Waals surface area contributed by atoms with Gasteiger partial charge in [0.1, 0.15) is 11.6 Å². The van der Waals surface area contributed by atoms with Crippen LogP contribution in [0.4, 0.5) is 0 Å². The van der Waals surface area contributed by atoms with Gasteiger partial charge in [-0.1, -0.05) is 18.2 Å². The molecule has 21 heavy (non-hydrogen) atoms. The molecule has 2 aromatic rings. The van der Waals surface area contributed by atoms with Gasteiger partial charge in [0.05, 0.1) is 7.11 Å². The lowest BCUT2D eigenvalue weighted by molar-refractivity contribution is -0.147. The van der Waals surface area contributed by atoms with E-state index in [0.717, 1.165) is 18.2 Å². The second kappa shape index (κ2) is 5.60. The van der Waals surface area contributed by atoms with Crippen LogP contribution < -0.4 is 0 Å². The van der Waals surface area contributed by atoms with E-state index in [1.54, 1.807) is 11.0 Å². The number of fused-ring (bicyclic) bond motifs is 1. The topological polar surface area (TPSA) is 59.8 Å². The predicted octanol–water partition coefficient (Wildman–Crippen LogP) is 2.60. The lowest BCUT2D eigenvalue weighted by atomic mass is 10.0. The molecule has 1 aromatic heterocycles. The average Bonchev–Trinajstić information content (AvgIpc) is 2.97. The Bertz CT molecular complexity index is 643. The summed E-state index contributed by atoms with van der Waals surface area (Å²) in [6.07, 6.45) is 2.45. The van der Waals surface area contributed by atoms with Crippen LogP contribution in [0.2, 0.25) is 0 Å². The number of amides is 1. The molecule has 1 atom stereocenters. The summed E-state index contributed by atoms with van der Waals surface area (Å²) in [6.45, 7) is 0.551. The number of hydrogen-bond acceptors (Lipinski definition) is 4. The molecule has 0 bridgehead atoms. The summed E-state index contributed by atoms with van der Waals surface area (Å²) in [7, 11) is 1.35. The predicted molar refractivity (Wildman–Crippen MR) is 76.9 cm³/mol. The van der Waals surface area contributed by atoms with E-state index < -0.39 is 6.04 Å². The highest BCUT2D eigenvalue weighted by Crippen LogP contribution is 2.24. The van der Waals surface area contributed by atoms with E-state index in [-0.39, 0.29) is 17.6 Å². The Morgan fingerprint density at radius 1 is 1.29 bits per heavy atom. The number of methoxy groups -OCH3 is 1. The smallest absolute Gasteiger partial charge is 0.328 e. The minimum atomic E-state index is -0.510. The quantitative estimate of drug-likeness (QED) is 0.797. The lowest BCUT2D eigenvalue weighted by Gasteiger charge is -2.33. The third-order valence-electron chi connectivity index (χ3n) is 3.87. The molecule has 0 radical (unpaired) electrons. The van der Waals surface area contributed by atoms with Gasteiger partial charge >= 0.3 is 5.97 Å². The van der Waals surface area contributed by atoms with Crippen molar-refractivity contribution in [3.8, 4) is 0 Å². The van der Waals surface area contributed by atoms with Crippen LogP contribution in [0.3, 0.4) is 0 Å². The maximum Gasteiger partial charge on any atom is 0.328 e. The maximum absolute atomic E-state index is 12.6. The van der Waals surface area contributed by atoms with Gasteiger partial charge in [0.15, 0.2) is 5.76 Å². The van der Waals surface area contributed by atoms with E-state index in [2.05, 4.69) is 0 Å². The fraction of sp³-hybridized carbons (Fsp3) is 0.375. The lowest BCUT2D eigenvalue weighted by Crippen LogP contribution is -2.48. The number of nitrogens with zero attached hydrogens (tertiary/aromatic N) is 1. The highest BCUT2D eigenvalue weighted by molar-refractivity contribution is 5.98. The van der Waals surface area contributed by atoms with E-state index in [1.807, 2.05) is 24.3 Å². The van der Waals surface area contributed by atoms with E-state index in [4.69, 9.17) is 9.15 Å². The Balaban J connectivity index is 1.90. The summed E-state index contributed by atoms with van der Waals surface area (Å²) in [5, 5.41) is 0.882. The van der Waals surface area contributed by atoms with Gasteiger partial charge in [-0.3, -0.25) is 4.79 Å². The number of carbonyl (C=O) groups is 2. The molecule has 1 fully saturated rings. The van der Waals surface area contributed by atoms with Gasteiger partial charge in [-0.25, -0.2) is 4.79 Å². The zero-order chi connectivity index (χ0) is 14.8. The first-order chi connectivity index (χ1) is 10.2. The molecule has 5 heteroatoms. The molecule has 1 aliphatic rings. The molecule has 1 aromatic carbocycles. The van der Waals surface area contributed by atoms with Gasteiger partial charge in [-0.2, -0.15) is 0 Å². The molecular weight excluding hydrogens is 270 g/mol. The summed E-state index contributed by atoms with van der Waals surface area (Å²) in [6, 6.07) is 8.68. The second-order valence-corrected chi connectivity index (χ2v) is 5.18. The van der Waals surface area contributed by atoms with Crippen molar-refractivity contribution in [2.75, 3.05) is 13.7 Å². The number of para-hydroxylation sites is 1. The molecule has 0 N–H and O–H groups in total. The van der Waals surface area contributed by atoms with Crippen molar-refractivity contribution in [1.29, 1.82) is 0 Å². The Hall–Kier alpha value is -2.30. The fourth-order valence-corrected chi connectivity index (χ4v) is 2.78. The summed E-state index contributed by atoms with van der Waals surface area (Å²) >= 11 is 0. The average molecular weight is 287 g/mol. The third-order valence-corrected chi connectivity index (χ3v) is 3.87. The van der Waals surface area contributed by atoms with Crippen LogP contribution in [0.5, 0.6) is 0 Å². The Labute approximate surface area is 122 Å². The highest BCUT2D eigenvalue weighted by Gasteiger charge is 2.34. The number of ether oxygens (including phenoxy) is 1. The number of benzene rings is 1. The van der Waals surface area contributed by atoms with Crippen LogP contribution in [0.1, 0.15) is 29.8 Å². The van der Waals surface area contributed by atoms with Crippen LogP contribution in [0, 0.1) is 0 Å². The highest BCUT2D eigenvalue weighted by atomic mass is 16.5. The molecule has 1 aliphatic heterocycles. The number of furan rings is 1. The Morgan fingerprint density at radius 2 is 2.10 bits per heavy atom. The van der Waals surface area contributed by atoms with Crippen LogP contribution >= 0.6 is 0 Å². The van der Waals surface area contributed by atoms with Gasteiger partial charge in [0.2, 0.25) is 0 Å². The van der Waals surface area contributed by atoms with E-state index in [1.165, 1.54) is 7.11 Å². The number of likely N-dealkylation sites (tertiary alicyclic amines) is 1. The van der Waals surface area contributed by atoms with Gasteiger partial charge in [0, 0.05) is 11.9 Å². The summed E-state index contributed by atoms with van der Waals surface area (Å²) in [4.78, 5) is 26.0. The number of carbonyl (C=O) groups excluding carboxylic acids is 2. The Kier molecular flexibility index (Phi) is 3.64. The monoisotopic (exact) mass is 287 g/mol. The van der Waals surface area contributed by atoms with Crippen molar-refractivity contribution in [2.24, 2.45) is 0 Å². The number of hydrogen-bond donors (Lipinski definition) is 0. The first kappa shape index (κ1) is 13.7. The molecule has 5 nitrogen and oxygen atoms in total. The molecule has 0 spiro atoms.